The predicted molar refractivity (Wildman–Crippen MR) is 166 cm³/mol. The van der Waals surface area contributed by atoms with Gasteiger partial charge in [0, 0.05) is 36.3 Å². The first-order valence-corrected chi connectivity index (χ1v) is 14.7. The van der Waals surface area contributed by atoms with E-state index in [4.69, 9.17) is 0 Å². The Kier molecular flexibility index (Phi) is 10.7. The second-order valence-corrected chi connectivity index (χ2v) is 11.5. The van der Waals surface area contributed by atoms with Crippen LogP contribution in [-0.2, 0) is 22.6 Å². The standard InChI is InChI=1S/C35H37BrN2O2/c1-26(2)24-37-35(40)33(22-27-13-6-3-7-14-27)38(25-28-15-12-20-31(36)21-28)34(39)23-32(29-16-8-4-9-17-29)30-18-10-5-11-19-30/h3-21,26,32-33H,22-25H2,1-2H3,(H,37,40)/t33-/m0/s1. The molecule has 40 heavy (non-hydrogen) atoms. The van der Waals surface area contributed by atoms with E-state index in [0.29, 0.717) is 25.4 Å². The van der Waals surface area contributed by atoms with E-state index in [-0.39, 0.29) is 24.2 Å². The van der Waals surface area contributed by atoms with Gasteiger partial charge in [0.15, 0.2) is 0 Å². The van der Waals surface area contributed by atoms with E-state index in [0.717, 1.165) is 26.7 Å². The molecule has 0 fully saturated rings. The summed E-state index contributed by atoms with van der Waals surface area (Å²) >= 11 is 3.57. The molecule has 0 saturated heterocycles. The average Bonchev–Trinajstić information content (AvgIpc) is 2.97. The number of halogens is 1. The van der Waals surface area contributed by atoms with Crippen molar-refractivity contribution in [3.8, 4) is 0 Å². The van der Waals surface area contributed by atoms with Gasteiger partial charge in [0.2, 0.25) is 11.8 Å². The van der Waals surface area contributed by atoms with Gasteiger partial charge >= 0.3 is 0 Å². The van der Waals surface area contributed by atoms with Crippen LogP contribution in [0, 0.1) is 5.92 Å². The van der Waals surface area contributed by atoms with Crippen molar-refractivity contribution in [1.29, 1.82) is 0 Å². The zero-order valence-electron chi connectivity index (χ0n) is 23.2. The quantitative estimate of drug-likeness (QED) is 0.185. The van der Waals surface area contributed by atoms with E-state index in [9.17, 15) is 9.59 Å². The molecule has 206 valence electrons. The minimum absolute atomic E-state index is 0.0571. The van der Waals surface area contributed by atoms with Gasteiger partial charge in [0.1, 0.15) is 6.04 Å². The molecule has 4 aromatic rings. The minimum atomic E-state index is -0.653. The molecule has 0 aliphatic carbocycles. The van der Waals surface area contributed by atoms with Gasteiger partial charge in [-0.05, 0) is 40.3 Å². The number of carbonyl (C=O) groups excluding carboxylic acids is 2. The van der Waals surface area contributed by atoms with Crippen molar-refractivity contribution in [1.82, 2.24) is 10.2 Å². The summed E-state index contributed by atoms with van der Waals surface area (Å²) in [4.78, 5) is 29.9. The highest BCUT2D eigenvalue weighted by Gasteiger charge is 2.32. The highest BCUT2D eigenvalue weighted by atomic mass is 79.9. The predicted octanol–water partition coefficient (Wildman–Crippen LogP) is 7.38. The number of nitrogens with zero attached hydrogens (tertiary/aromatic N) is 1. The molecule has 0 spiro atoms. The Balaban J connectivity index is 1.73. The number of carbonyl (C=O) groups is 2. The first-order valence-electron chi connectivity index (χ1n) is 13.9. The fourth-order valence-corrected chi connectivity index (χ4v) is 5.35. The normalized spacial score (nSPS) is 11.8. The molecule has 2 amide bonds. The second-order valence-electron chi connectivity index (χ2n) is 10.6. The number of amides is 2. The molecule has 0 aliphatic rings. The van der Waals surface area contributed by atoms with Crippen molar-refractivity contribution in [3.05, 3.63) is 142 Å². The van der Waals surface area contributed by atoms with Crippen LogP contribution in [0.4, 0.5) is 0 Å². The highest BCUT2D eigenvalue weighted by molar-refractivity contribution is 9.10. The van der Waals surface area contributed by atoms with Gasteiger partial charge in [-0.2, -0.15) is 0 Å². The lowest BCUT2D eigenvalue weighted by atomic mass is 9.87. The Hall–Kier alpha value is -3.70. The van der Waals surface area contributed by atoms with Gasteiger partial charge in [-0.25, -0.2) is 0 Å². The summed E-state index contributed by atoms with van der Waals surface area (Å²) in [7, 11) is 0. The van der Waals surface area contributed by atoms with E-state index >= 15 is 0 Å². The van der Waals surface area contributed by atoms with Crippen molar-refractivity contribution in [2.24, 2.45) is 5.92 Å². The van der Waals surface area contributed by atoms with Gasteiger partial charge in [-0.3, -0.25) is 9.59 Å². The number of rotatable bonds is 12. The maximum absolute atomic E-state index is 14.4. The Morgan fingerprint density at radius 3 is 1.85 bits per heavy atom. The van der Waals surface area contributed by atoms with Crippen molar-refractivity contribution >= 4 is 27.7 Å². The summed E-state index contributed by atoms with van der Waals surface area (Å²) in [5.74, 6) is -0.0118. The summed E-state index contributed by atoms with van der Waals surface area (Å²) in [6, 6.07) is 37.5. The molecule has 5 heteroatoms. The summed E-state index contributed by atoms with van der Waals surface area (Å²) in [5.41, 5.74) is 4.14. The van der Waals surface area contributed by atoms with Crippen LogP contribution in [0.5, 0.6) is 0 Å². The van der Waals surface area contributed by atoms with Crippen molar-refractivity contribution < 1.29 is 9.59 Å². The van der Waals surface area contributed by atoms with E-state index in [1.54, 1.807) is 4.90 Å². The molecular weight excluding hydrogens is 560 g/mol. The monoisotopic (exact) mass is 596 g/mol. The van der Waals surface area contributed by atoms with Gasteiger partial charge in [-0.15, -0.1) is 0 Å². The van der Waals surface area contributed by atoms with Crippen LogP contribution in [0.15, 0.2) is 120 Å². The summed E-state index contributed by atoms with van der Waals surface area (Å²) < 4.78 is 0.938. The minimum Gasteiger partial charge on any atom is -0.354 e. The second kappa shape index (κ2) is 14.6. The van der Waals surface area contributed by atoms with Crippen LogP contribution >= 0.6 is 15.9 Å². The molecule has 1 N–H and O–H groups in total. The molecule has 1 atom stereocenters. The molecule has 0 aliphatic heterocycles. The van der Waals surface area contributed by atoms with Crippen molar-refractivity contribution in [2.75, 3.05) is 6.54 Å². The Bertz CT molecular complexity index is 1320. The van der Waals surface area contributed by atoms with Gasteiger partial charge in [-0.1, -0.05) is 133 Å². The highest BCUT2D eigenvalue weighted by Crippen LogP contribution is 2.30. The molecule has 0 unspecified atom stereocenters. The van der Waals surface area contributed by atoms with E-state index in [1.165, 1.54) is 0 Å². The van der Waals surface area contributed by atoms with Crippen LogP contribution in [0.25, 0.3) is 0 Å². The van der Waals surface area contributed by atoms with Gasteiger partial charge < -0.3 is 10.2 Å². The molecule has 0 heterocycles. The maximum atomic E-state index is 14.4. The first kappa shape index (κ1) is 29.3. The van der Waals surface area contributed by atoms with Gasteiger partial charge in [0.05, 0.1) is 0 Å². The lowest BCUT2D eigenvalue weighted by molar-refractivity contribution is -0.141. The molecular formula is C35H37BrN2O2. The van der Waals surface area contributed by atoms with Crippen LogP contribution in [0.1, 0.15) is 48.4 Å². The lowest BCUT2D eigenvalue weighted by Crippen LogP contribution is -2.51. The number of nitrogens with one attached hydrogen (secondary N) is 1. The first-order chi connectivity index (χ1) is 19.4. The van der Waals surface area contributed by atoms with Crippen LogP contribution in [0.3, 0.4) is 0 Å². The Morgan fingerprint density at radius 2 is 1.30 bits per heavy atom. The number of benzene rings is 4. The molecule has 4 rings (SSSR count). The third kappa shape index (κ3) is 8.40. The molecule has 0 radical (unpaired) electrons. The number of hydrogen-bond donors (Lipinski definition) is 1. The largest absolute Gasteiger partial charge is 0.354 e. The van der Waals surface area contributed by atoms with E-state index < -0.39 is 6.04 Å². The third-order valence-electron chi connectivity index (χ3n) is 6.98. The molecule has 4 aromatic carbocycles. The molecule has 4 nitrogen and oxygen atoms in total. The SMILES string of the molecule is CC(C)CNC(=O)[C@H](Cc1ccccc1)N(Cc1cccc(Br)c1)C(=O)CC(c1ccccc1)c1ccccc1. The maximum Gasteiger partial charge on any atom is 0.243 e. The van der Waals surface area contributed by atoms with E-state index in [1.807, 2.05) is 91.0 Å². The third-order valence-corrected chi connectivity index (χ3v) is 7.47. The molecule has 0 bridgehead atoms. The zero-order valence-corrected chi connectivity index (χ0v) is 24.8. The van der Waals surface area contributed by atoms with Crippen LogP contribution in [0.2, 0.25) is 0 Å². The Labute approximate surface area is 246 Å². The number of hydrogen-bond acceptors (Lipinski definition) is 2. The lowest BCUT2D eigenvalue weighted by Gasteiger charge is -2.33. The summed E-state index contributed by atoms with van der Waals surface area (Å²) in [5, 5.41) is 3.11. The molecule has 0 aromatic heterocycles. The summed E-state index contributed by atoms with van der Waals surface area (Å²) in [6.45, 7) is 5.03. The smallest absolute Gasteiger partial charge is 0.243 e. The summed E-state index contributed by atoms with van der Waals surface area (Å²) in [6.07, 6.45) is 0.691. The van der Waals surface area contributed by atoms with Crippen LogP contribution in [-0.4, -0.2) is 29.3 Å². The van der Waals surface area contributed by atoms with Crippen LogP contribution < -0.4 is 5.32 Å². The fourth-order valence-electron chi connectivity index (χ4n) is 4.90. The zero-order chi connectivity index (χ0) is 28.3. The average molecular weight is 598 g/mol. The molecule has 0 saturated carbocycles. The Morgan fingerprint density at radius 1 is 0.750 bits per heavy atom. The van der Waals surface area contributed by atoms with Crippen molar-refractivity contribution in [2.45, 2.75) is 45.2 Å². The topological polar surface area (TPSA) is 49.4 Å². The van der Waals surface area contributed by atoms with Crippen molar-refractivity contribution in [3.63, 3.8) is 0 Å². The van der Waals surface area contributed by atoms with Gasteiger partial charge in [0.25, 0.3) is 0 Å². The van der Waals surface area contributed by atoms with E-state index in [2.05, 4.69) is 59.4 Å². The fraction of sp³-hybridized carbons (Fsp3) is 0.257.